The molecule has 1 aliphatic rings. The van der Waals surface area contributed by atoms with E-state index in [1.54, 1.807) is 19.9 Å². The zero-order valence-electron chi connectivity index (χ0n) is 15.4. The molecule has 0 unspecified atom stereocenters. The van der Waals surface area contributed by atoms with Crippen LogP contribution >= 0.6 is 11.8 Å². The van der Waals surface area contributed by atoms with Crippen LogP contribution in [0.15, 0.2) is 23.1 Å². The second-order valence-electron chi connectivity index (χ2n) is 5.84. The molecule has 1 N–H and O–H groups in total. The molecule has 1 aromatic carbocycles. The van der Waals surface area contributed by atoms with Crippen molar-refractivity contribution in [3.63, 3.8) is 0 Å². The first-order valence-electron chi connectivity index (χ1n) is 8.56. The fourth-order valence-electron chi connectivity index (χ4n) is 2.45. The van der Waals surface area contributed by atoms with Gasteiger partial charge < -0.3 is 14.8 Å². The molecule has 0 bridgehead atoms. The average molecular weight is 417 g/mol. The van der Waals surface area contributed by atoms with Gasteiger partial charge in [-0.1, -0.05) is 6.07 Å². The summed E-state index contributed by atoms with van der Waals surface area (Å²) in [5.74, 6) is -0.525. The van der Waals surface area contributed by atoms with E-state index < -0.39 is 10.0 Å². The minimum atomic E-state index is -3.64. The van der Waals surface area contributed by atoms with Gasteiger partial charge in [0.15, 0.2) is 0 Å². The quantitative estimate of drug-likeness (QED) is 0.636. The summed E-state index contributed by atoms with van der Waals surface area (Å²) in [6.07, 6.45) is 0. The Bertz CT molecular complexity index is 776. The van der Waals surface area contributed by atoms with Crippen molar-refractivity contribution in [2.75, 3.05) is 49.7 Å². The van der Waals surface area contributed by atoms with Gasteiger partial charge in [-0.15, -0.1) is 11.8 Å². The van der Waals surface area contributed by atoms with Crippen LogP contribution in [-0.2, 0) is 29.1 Å². The topological polar surface area (TPSA) is 102 Å². The van der Waals surface area contributed by atoms with Crippen LogP contribution in [-0.4, -0.2) is 69.0 Å². The van der Waals surface area contributed by atoms with Crippen LogP contribution in [0.25, 0.3) is 0 Å². The van der Waals surface area contributed by atoms with Gasteiger partial charge in [0.25, 0.3) is 0 Å². The maximum absolute atomic E-state index is 12.7. The smallest absolute Gasteiger partial charge is 0.315 e. The minimum absolute atomic E-state index is 0.0682. The Kier molecular flexibility index (Phi) is 8.08. The molecule has 0 aromatic heterocycles. The molecule has 1 aliphatic heterocycles. The summed E-state index contributed by atoms with van der Waals surface area (Å²) in [4.78, 5) is 23.5. The molecule has 2 rings (SSSR count). The average Bonchev–Trinajstić information content (AvgIpc) is 2.64. The van der Waals surface area contributed by atoms with E-state index in [1.807, 2.05) is 0 Å². The van der Waals surface area contributed by atoms with E-state index in [-0.39, 0.29) is 28.3 Å². The summed E-state index contributed by atoms with van der Waals surface area (Å²) >= 11 is 1.14. The van der Waals surface area contributed by atoms with E-state index in [1.165, 1.54) is 16.4 Å². The van der Waals surface area contributed by atoms with Crippen LogP contribution in [0.3, 0.4) is 0 Å². The standard InChI is InChI=1S/C17H24N2O6S2/c1-3-25-17(21)12-26-11-16(20)18-15-10-14(5-4-13(15)2)27(22,23)19-6-8-24-9-7-19/h4-5,10H,3,6-9,11-12H2,1-2H3,(H,18,20). The van der Waals surface area contributed by atoms with E-state index in [0.29, 0.717) is 38.6 Å². The predicted molar refractivity (Wildman–Crippen MR) is 103 cm³/mol. The molecule has 0 spiro atoms. The maximum Gasteiger partial charge on any atom is 0.315 e. The Labute approximate surface area is 163 Å². The summed E-state index contributed by atoms with van der Waals surface area (Å²) < 4.78 is 36.9. The van der Waals surface area contributed by atoms with Gasteiger partial charge in [-0.3, -0.25) is 9.59 Å². The van der Waals surface area contributed by atoms with Crippen molar-refractivity contribution in [1.82, 2.24) is 4.31 Å². The number of hydrogen-bond acceptors (Lipinski definition) is 7. The number of sulfonamides is 1. The molecule has 1 aromatic rings. The van der Waals surface area contributed by atoms with Crippen molar-refractivity contribution in [3.05, 3.63) is 23.8 Å². The number of carbonyl (C=O) groups excluding carboxylic acids is 2. The van der Waals surface area contributed by atoms with Crippen molar-refractivity contribution in [2.24, 2.45) is 0 Å². The highest BCUT2D eigenvalue weighted by molar-refractivity contribution is 8.00. The highest BCUT2D eigenvalue weighted by Crippen LogP contribution is 2.24. The number of nitrogens with zero attached hydrogens (tertiary/aromatic N) is 1. The highest BCUT2D eigenvalue weighted by Gasteiger charge is 2.26. The number of nitrogens with one attached hydrogen (secondary N) is 1. The summed E-state index contributed by atoms with van der Waals surface area (Å²) in [5.41, 5.74) is 1.19. The fourth-order valence-corrected chi connectivity index (χ4v) is 4.49. The predicted octanol–water partition coefficient (Wildman–Crippen LogP) is 1.25. The number of carbonyl (C=O) groups is 2. The Morgan fingerprint density at radius 3 is 2.63 bits per heavy atom. The number of morpholine rings is 1. The van der Waals surface area contributed by atoms with E-state index in [2.05, 4.69) is 5.32 Å². The van der Waals surface area contributed by atoms with Gasteiger partial charge in [0.1, 0.15) is 0 Å². The SMILES string of the molecule is CCOC(=O)CSCC(=O)Nc1cc(S(=O)(=O)N2CCOCC2)ccc1C. The summed E-state index contributed by atoms with van der Waals surface area (Å²) in [6, 6.07) is 4.66. The van der Waals surface area contributed by atoms with Crippen molar-refractivity contribution in [1.29, 1.82) is 0 Å². The van der Waals surface area contributed by atoms with Crippen LogP contribution in [0.2, 0.25) is 0 Å². The lowest BCUT2D eigenvalue weighted by Crippen LogP contribution is -2.40. The first-order valence-corrected chi connectivity index (χ1v) is 11.2. The number of amides is 1. The number of thioether (sulfide) groups is 1. The Hall–Kier alpha value is -1.62. The largest absolute Gasteiger partial charge is 0.465 e. The van der Waals surface area contributed by atoms with Gasteiger partial charge in [-0.25, -0.2) is 8.42 Å². The Morgan fingerprint density at radius 1 is 1.26 bits per heavy atom. The van der Waals surface area contributed by atoms with E-state index >= 15 is 0 Å². The maximum atomic E-state index is 12.7. The van der Waals surface area contributed by atoms with Crippen molar-refractivity contribution < 1.29 is 27.5 Å². The van der Waals surface area contributed by atoms with Crippen LogP contribution in [0.1, 0.15) is 12.5 Å². The van der Waals surface area contributed by atoms with E-state index in [9.17, 15) is 18.0 Å². The summed E-state index contributed by atoms with van der Waals surface area (Å²) in [7, 11) is -3.64. The Morgan fingerprint density at radius 2 is 1.96 bits per heavy atom. The minimum Gasteiger partial charge on any atom is -0.465 e. The number of esters is 1. The normalized spacial score (nSPS) is 15.3. The van der Waals surface area contributed by atoms with Crippen molar-refractivity contribution in [2.45, 2.75) is 18.7 Å². The number of aryl methyl sites for hydroxylation is 1. The van der Waals surface area contributed by atoms with Gasteiger partial charge in [0.05, 0.1) is 36.2 Å². The molecular weight excluding hydrogens is 392 g/mol. The molecule has 0 saturated carbocycles. The second kappa shape index (κ2) is 10.1. The number of rotatable bonds is 8. The first-order chi connectivity index (χ1) is 12.8. The molecule has 0 aliphatic carbocycles. The zero-order chi connectivity index (χ0) is 19.9. The van der Waals surface area contributed by atoms with Crippen LogP contribution in [0.5, 0.6) is 0 Å². The summed E-state index contributed by atoms with van der Waals surface area (Å²) in [5, 5.41) is 2.71. The van der Waals surface area contributed by atoms with Crippen LogP contribution < -0.4 is 5.32 Å². The summed E-state index contributed by atoms with van der Waals surface area (Å²) in [6.45, 7) is 5.15. The number of benzene rings is 1. The third-order valence-corrected chi connectivity index (χ3v) is 6.65. The third kappa shape index (κ3) is 6.20. The number of hydrogen-bond donors (Lipinski definition) is 1. The lowest BCUT2D eigenvalue weighted by molar-refractivity contribution is -0.139. The lowest BCUT2D eigenvalue weighted by atomic mass is 10.2. The van der Waals surface area contributed by atoms with Gasteiger partial charge in [-0.05, 0) is 31.5 Å². The first kappa shape index (κ1) is 21.7. The highest BCUT2D eigenvalue weighted by atomic mass is 32.2. The molecule has 0 atom stereocenters. The lowest BCUT2D eigenvalue weighted by Gasteiger charge is -2.26. The van der Waals surface area contributed by atoms with Gasteiger partial charge in [0.2, 0.25) is 15.9 Å². The van der Waals surface area contributed by atoms with Crippen LogP contribution in [0.4, 0.5) is 5.69 Å². The molecule has 1 saturated heterocycles. The zero-order valence-corrected chi connectivity index (χ0v) is 17.0. The monoisotopic (exact) mass is 416 g/mol. The molecule has 27 heavy (non-hydrogen) atoms. The van der Waals surface area contributed by atoms with E-state index in [0.717, 1.165) is 17.3 Å². The molecule has 1 fully saturated rings. The molecule has 8 nitrogen and oxygen atoms in total. The van der Waals surface area contributed by atoms with Crippen LogP contribution in [0, 0.1) is 6.92 Å². The van der Waals surface area contributed by atoms with Crippen molar-refractivity contribution in [3.8, 4) is 0 Å². The second-order valence-corrected chi connectivity index (χ2v) is 8.76. The molecule has 1 amide bonds. The molecule has 0 radical (unpaired) electrons. The molecule has 150 valence electrons. The molecule has 1 heterocycles. The number of ether oxygens (including phenoxy) is 2. The van der Waals surface area contributed by atoms with Gasteiger partial charge in [0, 0.05) is 18.8 Å². The number of anilines is 1. The van der Waals surface area contributed by atoms with Crippen molar-refractivity contribution >= 4 is 39.3 Å². The molecular formula is C17H24N2O6S2. The molecule has 10 heteroatoms. The Balaban J connectivity index is 2.02. The van der Waals surface area contributed by atoms with Gasteiger partial charge >= 0.3 is 5.97 Å². The fraction of sp³-hybridized carbons (Fsp3) is 0.529. The van der Waals surface area contributed by atoms with E-state index in [4.69, 9.17) is 9.47 Å². The third-order valence-electron chi connectivity index (χ3n) is 3.85. The van der Waals surface area contributed by atoms with Gasteiger partial charge in [-0.2, -0.15) is 4.31 Å².